The molecule has 5 heteroatoms. The molecule has 2 N–H and O–H groups in total. The summed E-state index contributed by atoms with van der Waals surface area (Å²) in [5, 5.41) is 0.446. The van der Waals surface area contributed by atoms with Crippen LogP contribution in [0.3, 0.4) is 0 Å². The molecule has 0 aliphatic heterocycles. The van der Waals surface area contributed by atoms with Gasteiger partial charge in [0.05, 0.1) is 9.50 Å². The van der Waals surface area contributed by atoms with Crippen LogP contribution in [-0.4, -0.2) is 0 Å². The molecule has 2 aromatic carbocycles. The maximum absolute atomic E-state index is 13.3. The summed E-state index contributed by atoms with van der Waals surface area (Å²) in [5.41, 5.74) is 6.42. The highest BCUT2D eigenvalue weighted by molar-refractivity contribution is 9.10. The van der Waals surface area contributed by atoms with Crippen LogP contribution in [0.4, 0.5) is 4.39 Å². The van der Waals surface area contributed by atoms with Crippen LogP contribution < -0.4 is 10.5 Å². The normalized spacial score (nSPS) is 10.4. The maximum Gasteiger partial charge on any atom is 0.146 e. The van der Waals surface area contributed by atoms with Crippen molar-refractivity contribution in [1.29, 1.82) is 0 Å². The first kappa shape index (κ1) is 13.3. The molecule has 0 amide bonds. The number of halogens is 3. The summed E-state index contributed by atoms with van der Waals surface area (Å²) in [5.74, 6) is 0.468. The van der Waals surface area contributed by atoms with E-state index in [1.54, 1.807) is 24.3 Å². The Morgan fingerprint density at radius 1 is 1.22 bits per heavy atom. The summed E-state index contributed by atoms with van der Waals surface area (Å²) >= 11 is 9.12. The third-order valence-electron chi connectivity index (χ3n) is 2.35. The van der Waals surface area contributed by atoms with Crippen molar-refractivity contribution >= 4 is 27.5 Å². The van der Waals surface area contributed by atoms with Crippen LogP contribution in [0.25, 0.3) is 0 Å². The minimum Gasteiger partial charge on any atom is -0.456 e. The van der Waals surface area contributed by atoms with Crippen molar-refractivity contribution < 1.29 is 9.13 Å². The highest BCUT2D eigenvalue weighted by atomic mass is 79.9. The van der Waals surface area contributed by atoms with Gasteiger partial charge in [0.1, 0.15) is 17.3 Å². The predicted molar refractivity (Wildman–Crippen MR) is 73.5 cm³/mol. The van der Waals surface area contributed by atoms with Gasteiger partial charge in [-0.3, -0.25) is 0 Å². The quantitative estimate of drug-likeness (QED) is 0.899. The Balaban J connectivity index is 2.25. The molecule has 94 valence electrons. The Bertz CT molecular complexity index is 577. The van der Waals surface area contributed by atoms with Crippen LogP contribution >= 0.6 is 27.5 Å². The second kappa shape index (κ2) is 5.69. The molecule has 0 aliphatic carbocycles. The topological polar surface area (TPSA) is 35.2 Å². The van der Waals surface area contributed by atoms with Crippen LogP contribution in [0.5, 0.6) is 11.5 Å². The number of ether oxygens (including phenoxy) is 1. The van der Waals surface area contributed by atoms with Gasteiger partial charge in [-0.05, 0) is 45.8 Å². The molecule has 0 saturated carbocycles. The van der Waals surface area contributed by atoms with Crippen molar-refractivity contribution in [3.8, 4) is 11.5 Å². The molecular formula is C13H10BrClFNO. The minimum absolute atomic E-state index is 0.387. The zero-order valence-electron chi connectivity index (χ0n) is 9.29. The smallest absolute Gasteiger partial charge is 0.146 e. The predicted octanol–water partition coefficient (Wildman–Crippen LogP) is 4.49. The molecule has 2 nitrogen and oxygen atoms in total. The summed E-state index contributed by atoms with van der Waals surface area (Å²) in [4.78, 5) is 0. The van der Waals surface area contributed by atoms with Gasteiger partial charge in [-0.15, -0.1) is 0 Å². The Labute approximate surface area is 118 Å². The van der Waals surface area contributed by atoms with Gasteiger partial charge < -0.3 is 10.5 Å². The number of nitrogens with two attached hydrogens (primary N) is 1. The fourth-order valence-electron chi connectivity index (χ4n) is 1.42. The minimum atomic E-state index is -0.387. The number of rotatable bonds is 3. The molecule has 2 aromatic rings. The largest absolute Gasteiger partial charge is 0.456 e. The molecule has 0 unspecified atom stereocenters. The Morgan fingerprint density at radius 2 is 2.00 bits per heavy atom. The molecule has 0 spiro atoms. The lowest BCUT2D eigenvalue weighted by molar-refractivity contribution is 0.476. The molecule has 0 fully saturated rings. The maximum atomic E-state index is 13.3. The molecule has 0 radical (unpaired) electrons. The fraction of sp³-hybridized carbons (Fsp3) is 0.0769. The van der Waals surface area contributed by atoms with E-state index in [1.165, 1.54) is 6.07 Å². The third-order valence-corrected chi connectivity index (χ3v) is 3.29. The number of benzene rings is 2. The SMILES string of the molecule is NCc1ccc(Oc2ccc(Br)c(F)c2)c(Cl)c1. The lowest BCUT2D eigenvalue weighted by atomic mass is 10.2. The van der Waals surface area contributed by atoms with E-state index < -0.39 is 0 Å². The average molecular weight is 331 g/mol. The molecule has 0 atom stereocenters. The molecule has 0 aromatic heterocycles. The van der Waals surface area contributed by atoms with Crippen LogP contribution in [0.1, 0.15) is 5.56 Å². The van der Waals surface area contributed by atoms with Gasteiger partial charge in [-0.2, -0.15) is 0 Å². The standard InChI is InChI=1S/C13H10BrClFNO/c14-10-3-2-9(6-12(10)16)18-13-4-1-8(7-17)5-11(13)15/h1-6H,7,17H2. The van der Waals surface area contributed by atoms with Crippen LogP contribution in [-0.2, 0) is 6.54 Å². The second-order valence-corrected chi connectivity index (χ2v) is 4.91. The van der Waals surface area contributed by atoms with Crippen molar-refractivity contribution in [3.63, 3.8) is 0 Å². The molecule has 0 heterocycles. The lowest BCUT2D eigenvalue weighted by Gasteiger charge is -2.09. The monoisotopic (exact) mass is 329 g/mol. The van der Waals surface area contributed by atoms with Crippen molar-refractivity contribution in [2.45, 2.75) is 6.54 Å². The van der Waals surface area contributed by atoms with Crippen molar-refractivity contribution in [1.82, 2.24) is 0 Å². The van der Waals surface area contributed by atoms with Crippen molar-refractivity contribution in [2.75, 3.05) is 0 Å². The zero-order valence-corrected chi connectivity index (χ0v) is 11.6. The first-order valence-electron chi connectivity index (χ1n) is 5.21. The summed E-state index contributed by atoms with van der Waals surface area (Å²) in [6.45, 7) is 0.410. The lowest BCUT2D eigenvalue weighted by Crippen LogP contribution is -1.96. The van der Waals surface area contributed by atoms with Crippen LogP contribution in [0.2, 0.25) is 5.02 Å². The van der Waals surface area contributed by atoms with Gasteiger partial charge in [-0.25, -0.2) is 4.39 Å². The van der Waals surface area contributed by atoms with Crippen molar-refractivity contribution in [3.05, 3.63) is 57.3 Å². The van der Waals surface area contributed by atoms with Gasteiger partial charge >= 0.3 is 0 Å². The van der Waals surface area contributed by atoms with Gasteiger partial charge in [0, 0.05) is 12.6 Å². The molecule has 0 saturated heterocycles. The van der Waals surface area contributed by atoms with E-state index in [-0.39, 0.29) is 5.82 Å². The van der Waals surface area contributed by atoms with Crippen LogP contribution in [0, 0.1) is 5.82 Å². The first-order valence-corrected chi connectivity index (χ1v) is 6.38. The summed E-state index contributed by atoms with van der Waals surface area (Å²) < 4.78 is 19.2. The van der Waals surface area contributed by atoms with E-state index in [4.69, 9.17) is 22.1 Å². The Kier molecular flexibility index (Phi) is 4.22. The van der Waals surface area contributed by atoms with E-state index in [1.807, 2.05) is 6.07 Å². The summed E-state index contributed by atoms with van der Waals surface area (Å²) in [7, 11) is 0. The molecular weight excluding hydrogens is 321 g/mol. The summed E-state index contributed by atoms with van der Waals surface area (Å²) in [6.07, 6.45) is 0. The zero-order chi connectivity index (χ0) is 13.1. The Hall–Kier alpha value is -1.10. The van der Waals surface area contributed by atoms with E-state index in [0.717, 1.165) is 5.56 Å². The molecule has 2 rings (SSSR count). The third kappa shape index (κ3) is 3.02. The summed E-state index contributed by atoms with van der Waals surface area (Å²) in [6, 6.07) is 9.78. The second-order valence-electron chi connectivity index (χ2n) is 3.65. The average Bonchev–Trinajstić information content (AvgIpc) is 2.36. The van der Waals surface area contributed by atoms with Gasteiger partial charge in [0.25, 0.3) is 0 Å². The van der Waals surface area contributed by atoms with Gasteiger partial charge in [0.15, 0.2) is 0 Å². The van der Waals surface area contributed by atoms with E-state index in [9.17, 15) is 4.39 Å². The highest BCUT2D eigenvalue weighted by Gasteiger charge is 2.06. The molecule has 0 bridgehead atoms. The van der Waals surface area contributed by atoms with E-state index in [0.29, 0.717) is 27.5 Å². The van der Waals surface area contributed by atoms with Gasteiger partial charge in [-0.1, -0.05) is 17.7 Å². The van der Waals surface area contributed by atoms with E-state index in [2.05, 4.69) is 15.9 Å². The molecule has 18 heavy (non-hydrogen) atoms. The fourth-order valence-corrected chi connectivity index (χ4v) is 1.91. The Morgan fingerprint density at radius 3 is 2.61 bits per heavy atom. The van der Waals surface area contributed by atoms with Crippen molar-refractivity contribution in [2.24, 2.45) is 5.73 Å². The number of hydrogen-bond donors (Lipinski definition) is 1. The van der Waals surface area contributed by atoms with Gasteiger partial charge in [0.2, 0.25) is 0 Å². The molecule has 0 aliphatic rings. The highest BCUT2D eigenvalue weighted by Crippen LogP contribution is 2.31. The number of hydrogen-bond acceptors (Lipinski definition) is 2. The first-order chi connectivity index (χ1) is 8.60. The van der Waals surface area contributed by atoms with Crippen LogP contribution in [0.15, 0.2) is 40.9 Å². The van der Waals surface area contributed by atoms with E-state index >= 15 is 0 Å².